The number of fused-ring (bicyclic) bond motifs is 4. The van der Waals surface area contributed by atoms with Crippen LogP contribution in [0, 0.1) is 0 Å². The second kappa shape index (κ2) is 13.7. The maximum absolute atomic E-state index is 2.46. The molecule has 1 heterocycles. The van der Waals surface area contributed by atoms with Gasteiger partial charge in [-0.1, -0.05) is 170 Å². The molecule has 1 nitrogen and oxygen atoms in total. The van der Waals surface area contributed by atoms with Crippen molar-refractivity contribution in [3.05, 3.63) is 212 Å². The van der Waals surface area contributed by atoms with E-state index in [1.54, 1.807) is 0 Å². The van der Waals surface area contributed by atoms with Gasteiger partial charge in [0.25, 0.3) is 0 Å². The topological polar surface area (TPSA) is 3.24 Å². The van der Waals surface area contributed by atoms with Gasteiger partial charge in [-0.15, -0.1) is 11.3 Å². The van der Waals surface area contributed by atoms with Gasteiger partial charge in [0.15, 0.2) is 0 Å². The molecular formula is C52H35NS. The summed E-state index contributed by atoms with van der Waals surface area (Å²) < 4.78 is 2.57. The highest BCUT2D eigenvalue weighted by Gasteiger charge is 2.21. The number of nitrogens with zero attached hydrogens (tertiary/aromatic N) is 1. The first-order valence-corrected chi connectivity index (χ1v) is 19.2. The molecule has 0 fully saturated rings. The molecule has 10 aromatic rings. The minimum Gasteiger partial charge on any atom is -0.310 e. The second-order valence-corrected chi connectivity index (χ2v) is 14.8. The Hall–Kier alpha value is -6.74. The number of anilines is 3. The van der Waals surface area contributed by atoms with E-state index in [4.69, 9.17) is 0 Å². The van der Waals surface area contributed by atoms with E-state index in [1.807, 2.05) is 11.3 Å². The SMILES string of the molecule is c1ccc(-c2cccc(-c3cccc4c3sc3cccc(N(c5cccc(-c6ccccc6)c5)c5cccc(-c6cccc7ccccc67)c5)c34)c2)cc1. The molecule has 0 spiro atoms. The first-order chi connectivity index (χ1) is 26.8. The normalized spacial score (nSPS) is 11.3. The maximum atomic E-state index is 2.46. The number of benzene rings is 9. The summed E-state index contributed by atoms with van der Waals surface area (Å²) in [5, 5.41) is 5.03. The second-order valence-electron chi connectivity index (χ2n) is 13.7. The van der Waals surface area contributed by atoms with Crippen molar-refractivity contribution in [3.8, 4) is 44.5 Å². The summed E-state index contributed by atoms with van der Waals surface area (Å²) >= 11 is 1.88. The van der Waals surface area contributed by atoms with Crippen molar-refractivity contribution in [1.29, 1.82) is 0 Å². The quantitative estimate of drug-likeness (QED) is 0.160. The molecule has 1 aromatic heterocycles. The van der Waals surface area contributed by atoms with Gasteiger partial charge in [0.05, 0.1) is 5.69 Å². The van der Waals surface area contributed by atoms with Gasteiger partial charge in [-0.2, -0.15) is 0 Å². The monoisotopic (exact) mass is 705 g/mol. The van der Waals surface area contributed by atoms with Crippen molar-refractivity contribution in [3.63, 3.8) is 0 Å². The zero-order valence-corrected chi connectivity index (χ0v) is 30.4. The average Bonchev–Trinajstić information content (AvgIpc) is 3.64. The van der Waals surface area contributed by atoms with E-state index in [2.05, 4.69) is 217 Å². The Bertz CT molecular complexity index is 2940. The molecule has 0 unspecified atom stereocenters. The van der Waals surface area contributed by atoms with Crippen molar-refractivity contribution in [2.45, 2.75) is 0 Å². The van der Waals surface area contributed by atoms with Gasteiger partial charge in [-0.25, -0.2) is 0 Å². The Morgan fingerprint density at radius 1 is 0.333 bits per heavy atom. The van der Waals surface area contributed by atoms with E-state index in [1.165, 1.54) is 75.5 Å². The van der Waals surface area contributed by atoms with E-state index in [-0.39, 0.29) is 0 Å². The third-order valence-electron chi connectivity index (χ3n) is 10.4. The van der Waals surface area contributed by atoms with Crippen LogP contribution in [0.15, 0.2) is 212 Å². The summed E-state index contributed by atoms with van der Waals surface area (Å²) in [4.78, 5) is 2.46. The molecule has 0 saturated carbocycles. The molecule has 2 heteroatoms. The maximum Gasteiger partial charge on any atom is 0.0554 e. The van der Waals surface area contributed by atoms with Crippen molar-refractivity contribution < 1.29 is 0 Å². The molecule has 0 aliphatic carbocycles. The Labute approximate surface area is 319 Å². The van der Waals surface area contributed by atoms with Crippen LogP contribution in [-0.4, -0.2) is 0 Å². The lowest BCUT2D eigenvalue weighted by molar-refractivity contribution is 1.30. The highest BCUT2D eigenvalue weighted by Crippen LogP contribution is 2.48. The number of hydrogen-bond donors (Lipinski definition) is 0. The molecule has 0 aliphatic heterocycles. The highest BCUT2D eigenvalue weighted by atomic mass is 32.1. The molecule has 54 heavy (non-hydrogen) atoms. The van der Waals surface area contributed by atoms with E-state index in [9.17, 15) is 0 Å². The summed E-state index contributed by atoms with van der Waals surface area (Å²) in [6, 6.07) is 77.1. The van der Waals surface area contributed by atoms with Crippen molar-refractivity contribution in [1.82, 2.24) is 0 Å². The van der Waals surface area contributed by atoms with E-state index < -0.39 is 0 Å². The number of rotatable bonds is 7. The third kappa shape index (κ3) is 5.74. The smallest absolute Gasteiger partial charge is 0.0554 e. The summed E-state index contributed by atoms with van der Waals surface area (Å²) in [6.07, 6.45) is 0. The van der Waals surface area contributed by atoms with Crippen molar-refractivity contribution in [2.24, 2.45) is 0 Å². The predicted molar refractivity (Wildman–Crippen MR) is 233 cm³/mol. The molecule has 0 radical (unpaired) electrons. The van der Waals surface area contributed by atoms with Gasteiger partial charge in [0.1, 0.15) is 0 Å². The zero-order valence-electron chi connectivity index (χ0n) is 29.6. The van der Waals surface area contributed by atoms with E-state index >= 15 is 0 Å². The molecular weight excluding hydrogens is 671 g/mol. The molecule has 0 N–H and O–H groups in total. The Morgan fingerprint density at radius 2 is 0.833 bits per heavy atom. The molecule has 9 aromatic carbocycles. The fourth-order valence-electron chi connectivity index (χ4n) is 7.91. The Balaban J connectivity index is 1.19. The number of thiophene rings is 1. The summed E-state index contributed by atoms with van der Waals surface area (Å²) in [7, 11) is 0. The molecule has 0 aliphatic rings. The van der Waals surface area contributed by atoms with Crippen LogP contribution in [0.5, 0.6) is 0 Å². The van der Waals surface area contributed by atoms with Gasteiger partial charge in [0, 0.05) is 31.5 Å². The molecule has 0 saturated heterocycles. The number of hydrogen-bond acceptors (Lipinski definition) is 2. The molecule has 0 atom stereocenters. The van der Waals surface area contributed by atoms with Gasteiger partial charge in [-0.3, -0.25) is 0 Å². The van der Waals surface area contributed by atoms with Gasteiger partial charge in [0.2, 0.25) is 0 Å². The first-order valence-electron chi connectivity index (χ1n) is 18.4. The van der Waals surface area contributed by atoms with Crippen LogP contribution in [-0.2, 0) is 0 Å². The van der Waals surface area contributed by atoms with Crippen LogP contribution in [0.1, 0.15) is 0 Å². The minimum absolute atomic E-state index is 1.12. The standard InChI is InChI=1S/C52H35NS/c1-3-15-36(16-4-1)39-21-9-23-41(33-39)47-29-13-30-48-51-49(31-14-32-50(51)54-52(47)48)53(43-25-10-22-40(34-43)37-17-5-2-6-18-37)44-26-11-24-42(35-44)46-28-12-20-38-19-7-8-27-45(38)46/h1-35H. The van der Waals surface area contributed by atoms with Gasteiger partial charge in [-0.05, 0) is 97.7 Å². The lowest BCUT2D eigenvalue weighted by Crippen LogP contribution is -2.10. The average molecular weight is 706 g/mol. The van der Waals surface area contributed by atoms with Crippen LogP contribution in [0.3, 0.4) is 0 Å². The Morgan fingerprint density at radius 3 is 1.59 bits per heavy atom. The minimum atomic E-state index is 1.12. The lowest BCUT2D eigenvalue weighted by atomic mass is 9.97. The lowest BCUT2D eigenvalue weighted by Gasteiger charge is -2.27. The van der Waals surface area contributed by atoms with E-state index in [0.29, 0.717) is 0 Å². The van der Waals surface area contributed by atoms with Crippen LogP contribution in [0.4, 0.5) is 17.1 Å². The van der Waals surface area contributed by atoms with Crippen LogP contribution < -0.4 is 4.90 Å². The van der Waals surface area contributed by atoms with Crippen molar-refractivity contribution >= 4 is 59.3 Å². The first kappa shape index (κ1) is 32.0. The fraction of sp³-hybridized carbons (Fsp3) is 0. The zero-order chi connectivity index (χ0) is 35.8. The summed E-state index contributed by atoms with van der Waals surface area (Å²) in [6.45, 7) is 0. The molecule has 0 amide bonds. The fourth-order valence-corrected chi connectivity index (χ4v) is 9.17. The highest BCUT2D eigenvalue weighted by molar-refractivity contribution is 7.26. The van der Waals surface area contributed by atoms with Gasteiger partial charge >= 0.3 is 0 Å². The van der Waals surface area contributed by atoms with Crippen LogP contribution >= 0.6 is 11.3 Å². The largest absolute Gasteiger partial charge is 0.310 e. The van der Waals surface area contributed by atoms with Crippen molar-refractivity contribution in [2.75, 3.05) is 4.90 Å². The van der Waals surface area contributed by atoms with Gasteiger partial charge < -0.3 is 4.90 Å². The summed E-state index contributed by atoms with van der Waals surface area (Å²) in [5.74, 6) is 0. The third-order valence-corrected chi connectivity index (χ3v) is 11.6. The molecule has 10 rings (SSSR count). The predicted octanol–water partition coefficient (Wildman–Crippen LogP) is 15.3. The molecule has 0 bridgehead atoms. The van der Waals surface area contributed by atoms with E-state index in [0.717, 1.165) is 17.1 Å². The van der Waals surface area contributed by atoms with Crippen LogP contribution in [0.2, 0.25) is 0 Å². The summed E-state index contributed by atoms with van der Waals surface area (Å²) in [5.41, 5.74) is 13.1. The van der Waals surface area contributed by atoms with Crippen LogP contribution in [0.25, 0.3) is 75.5 Å². The molecule has 254 valence electrons. The Kier molecular flexibility index (Phi) is 8.09.